The van der Waals surface area contributed by atoms with Crippen LogP contribution >= 0.6 is 0 Å². The van der Waals surface area contributed by atoms with E-state index in [0.29, 0.717) is 12.2 Å². The summed E-state index contributed by atoms with van der Waals surface area (Å²) < 4.78 is 26.2. The molecule has 0 saturated carbocycles. The summed E-state index contributed by atoms with van der Waals surface area (Å²) in [5.41, 5.74) is 4.66. The summed E-state index contributed by atoms with van der Waals surface area (Å²) in [5, 5.41) is 2.89. The van der Waals surface area contributed by atoms with Crippen molar-refractivity contribution in [3.05, 3.63) is 64.7 Å². The zero-order chi connectivity index (χ0) is 22.6. The number of likely N-dealkylation sites (tertiary alicyclic amines) is 1. The average Bonchev–Trinajstić information content (AvgIpc) is 3.18. The molecule has 2 aromatic rings. The number of benzene rings is 2. The van der Waals surface area contributed by atoms with Crippen LogP contribution in [-0.4, -0.2) is 44.6 Å². The van der Waals surface area contributed by atoms with E-state index in [-0.39, 0.29) is 5.91 Å². The van der Waals surface area contributed by atoms with Gasteiger partial charge in [0, 0.05) is 13.1 Å². The molecule has 1 aliphatic rings. The molecule has 1 saturated heterocycles. The SMILES string of the molecule is Cc1cc(C)cc(N([C@@H](C)C(=O)NCc2ccc(CN3CCCC3)cc2)S(C)(=O)=O)c1. The van der Waals surface area contributed by atoms with Crippen molar-refractivity contribution in [2.24, 2.45) is 0 Å². The van der Waals surface area contributed by atoms with Gasteiger partial charge in [0.15, 0.2) is 0 Å². The lowest BCUT2D eigenvalue weighted by atomic mass is 10.1. The number of amides is 1. The number of carbonyl (C=O) groups excluding carboxylic acids is 1. The van der Waals surface area contributed by atoms with Crippen LogP contribution in [0, 0.1) is 13.8 Å². The first-order chi connectivity index (χ1) is 14.6. The number of nitrogens with one attached hydrogen (secondary N) is 1. The number of hydrogen-bond donors (Lipinski definition) is 1. The molecule has 1 fully saturated rings. The Balaban J connectivity index is 1.65. The molecule has 0 radical (unpaired) electrons. The third-order valence-electron chi connectivity index (χ3n) is 5.64. The van der Waals surface area contributed by atoms with E-state index in [2.05, 4.69) is 22.3 Å². The van der Waals surface area contributed by atoms with Gasteiger partial charge < -0.3 is 5.32 Å². The smallest absolute Gasteiger partial charge is 0.243 e. The highest BCUT2D eigenvalue weighted by Crippen LogP contribution is 2.24. The zero-order valence-electron chi connectivity index (χ0n) is 18.9. The van der Waals surface area contributed by atoms with Gasteiger partial charge in [0.25, 0.3) is 0 Å². The third kappa shape index (κ3) is 6.31. The van der Waals surface area contributed by atoms with Crippen molar-refractivity contribution in [1.29, 1.82) is 0 Å². The summed E-state index contributed by atoms with van der Waals surface area (Å²) in [5.74, 6) is -0.328. The van der Waals surface area contributed by atoms with Gasteiger partial charge in [-0.05, 0) is 81.1 Å². The topological polar surface area (TPSA) is 69.7 Å². The van der Waals surface area contributed by atoms with E-state index in [0.717, 1.165) is 42.6 Å². The molecular weight excluding hydrogens is 410 g/mol. The van der Waals surface area contributed by atoms with Gasteiger partial charge in [-0.3, -0.25) is 14.0 Å². The molecule has 6 nitrogen and oxygen atoms in total. The molecule has 3 rings (SSSR count). The molecule has 0 bridgehead atoms. The number of aryl methyl sites for hydroxylation is 2. The van der Waals surface area contributed by atoms with Crippen molar-refractivity contribution in [1.82, 2.24) is 10.2 Å². The van der Waals surface area contributed by atoms with Gasteiger partial charge in [0.2, 0.25) is 15.9 Å². The van der Waals surface area contributed by atoms with E-state index in [1.165, 1.54) is 22.7 Å². The molecule has 1 amide bonds. The standard InChI is InChI=1S/C24H33N3O3S/c1-18-13-19(2)15-23(14-18)27(31(4,29)30)20(3)24(28)25-16-21-7-9-22(10-8-21)17-26-11-5-6-12-26/h7-10,13-15,20H,5-6,11-12,16-17H2,1-4H3,(H,25,28)/t20-/m0/s1. The summed E-state index contributed by atoms with van der Waals surface area (Å²) in [7, 11) is -3.63. The second-order valence-corrected chi connectivity index (χ2v) is 10.5. The van der Waals surface area contributed by atoms with Gasteiger partial charge in [-0.1, -0.05) is 30.3 Å². The van der Waals surface area contributed by atoms with Gasteiger partial charge in [0.05, 0.1) is 11.9 Å². The van der Waals surface area contributed by atoms with Crippen LogP contribution in [0.2, 0.25) is 0 Å². The second-order valence-electron chi connectivity index (χ2n) is 8.60. The van der Waals surface area contributed by atoms with Crippen molar-refractivity contribution < 1.29 is 13.2 Å². The van der Waals surface area contributed by atoms with Crippen molar-refractivity contribution in [2.45, 2.75) is 52.7 Å². The minimum absolute atomic E-state index is 0.328. The highest BCUT2D eigenvalue weighted by Gasteiger charge is 2.29. The van der Waals surface area contributed by atoms with Crippen LogP contribution in [0.25, 0.3) is 0 Å². The lowest BCUT2D eigenvalue weighted by molar-refractivity contribution is -0.122. The Morgan fingerprint density at radius 1 is 1.03 bits per heavy atom. The molecule has 0 aliphatic carbocycles. The van der Waals surface area contributed by atoms with Crippen LogP contribution in [0.5, 0.6) is 0 Å². The van der Waals surface area contributed by atoms with Crippen molar-refractivity contribution in [2.75, 3.05) is 23.7 Å². The van der Waals surface area contributed by atoms with Gasteiger partial charge in [-0.2, -0.15) is 0 Å². The normalized spacial score (nSPS) is 15.6. The van der Waals surface area contributed by atoms with Crippen LogP contribution in [0.15, 0.2) is 42.5 Å². The Hall–Kier alpha value is -2.38. The Bertz CT molecular complexity index is 993. The maximum Gasteiger partial charge on any atom is 0.243 e. The number of sulfonamides is 1. The second kappa shape index (κ2) is 9.83. The molecule has 0 aromatic heterocycles. The minimum Gasteiger partial charge on any atom is -0.350 e. The molecular formula is C24H33N3O3S. The van der Waals surface area contributed by atoms with Crippen LogP contribution in [0.4, 0.5) is 5.69 Å². The fourth-order valence-corrected chi connectivity index (χ4v) is 5.34. The Morgan fingerprint density at radius 3 is 2.13 bits per heavy atom. The number of hydrogen-bond acceptors (Lipinski definition) is 4. The summed E-state index contributed by atoms with van der Waals surface area (Å²) in [6, 6.07) is 12.9. The number of rotatable bonds is 8. The van der Waals surface area contributed by atoms with Crippen LogP contribution in [0.1, 0.15) is 42.0 Å². The lowest BCUT2D eigenvalue weighted by Gasteiger charge is -2.28. The molecule has 1 heterocycles. The summed E-state index contributed by atoms with van der Waals surface area (Å²) >= 11 is 0. The van der Waals surface area contributed by atoms with E-state index in [1.54, 1.807) is 19.1 Å². The quantitative estimate of drug-likeness (QED) is 0.679. The summed E-state index contributed by atoms with van der Waals surface area (Å²) in [4.78, 5) is 15.3. The van der Waals surface area contributed by atoms with Gasteiger partial charge in [-0.25, -0.2) is 8.42 Å². The molecule has 2 aromatic carbocycles. The van der Waals surface area contributed by atoms with Gasteiger partial charge in [-0.15, -0.1) is 0 Å². The van der Waals surface area contributed by atoms with Gasteiger partial charge in [0.1, 0.15) is 6.04 Å². The highest BCUT2D eigenvalue weighted by atomic mass is 32.2. The van der Waals surface area contributed by atoms with Crippen LogP contribution in [-0.2, 0) is 27.9 Å². The predicted molar refractivity (Wildman–Crippen MR) is 126 cm³/mol. The summed E-state index contributed by atoms with van der Waals surface area (Å²) in [6.07, 6.45) is 3.68. The van der Waals surface area contributed by atoms with E-state index in [1.807, 2.05) is 32.0 Å². The maximum atomic E-state index is 12.8. The van der Waals surface area contributed by atoms with E-state index < -0.39 is 16.1 Å². The number of nitrogens with zero attached hydrogens (tertiary/aromatic N) is 2. The zero-order valence-corrected chi connectivity index (χ0v) is 19.7. The molecule has 168 valence electrons. The Labute approximate surface area is 186 Å². The fourth-order valence-electron chi connectivity index (χ4n) is 4.19. The predicted octanol–water partition coefficient (Wildman–Crippen LogP) is 3.37. The summed E-state index contributed by atoms with van der Waals surface area (Å²) in [6.45, 7) is 9.08. The largest absolute Gasteiger partial charge is 0.350 e. The first-order valence-corrected chi connectivity index (χ1v) is 12.6. The molecule has 1 atom stereocenters. The van der Waals surface area contributed by atoms with E-state index in [4.69, 9.17) is 0 Å². The average molecular weight is 444 g/mol. The monoisotopic (exact) mass is 443 g/mol. The molecule has 1 N–H and O–H groups in total. The maximum absolute atomic E-state index is 12.8. The van der Waals surface area contributed by atoms with E-state index in [9.17, 15) is 13.2 Å². The third-order valence-corrected chi connectivity index (χ3v) is 6.89. The van der Waals surface area contributed by atoms with Gasteiger partial charge >= 0.3 is 0 Å². The Kier molecular flexibility index (Phi) is 7.38. The molecule has 1 aliphatic heterocycles. The molecule has 0 spiro atoms. The number of anilines is 1. The van der Waals surface area contributed by atoms with Crippen molar-refractivity contribution in [3.8, 4) is 0 Å². The lowest BCUT2D eigenvalue weighted by Crippen LogP contribution is -2.47. The van der Waals surface area contributed by atoms with Crippen molar-refractivity contribution >= 4 is 21.6 Å². The Morgan fingerprint density at radius 2 is 1.58 bits per heavy atom. The van der Waals surface area contributed by atoms with Crippen molar-refractivity contribution in [3.63, 3.8) is 0 Å². The van der Waals surface area contributed by atoms with Crippen LogP contribution < -0.4 is 9.62 Å². The molecule has 0 unspecified atom stereocenters. The number of carbonyl (C=O) groups is 1. The molecule has 7 heteroatoms. The fraction of sp³-hybridized carbons (Fsp3) is 0.458. The first kappa shape index (κ1) is 23.3. The first-order valence-electron chi connectivity index (χ1n) is 10.8. The highest BCUT2D eigenvalue weighted by molar-refractivity contribution is 7.92. The van der Waals surface area contributed by atoms with Crippen LogP contribution in [0.3, 0.4) is 0 Å². The van der Waals surface area contributed by atoms with E-state index >= 15 is 0 Å². The molecule has 31 heavy (non-hydrogen) atoms. The minimum atomic E-state index is -3.63.